The largest absolute Gasteiger partial charge is 0.284 e. The van der Waals surface area contributed by atoms with Crippen LogP contribution in [0.15, 0.2) is 47.9 Å². The van der Waals surface area contributed by atoms with Crippen LogP contribution < -0.4 is 4.72 Å². The maximum Gasteiger partial charge on any atom is 0.284 e. The van der Waals surface area contributed by atoms with Gasteiger partial charge in [0, 0.05) is 25.0 Å². The zero-order valence-corrected chi connectivity index (χ0v) is 11.7. The number of rotatable bonds is 5. The molecule has 0 bridgehead atoms. The molecule has 0 aliphatic rings. The van der Waals surface area contributed by atoms with Crippen molar-refractivity contribution in [2.45, 2.75) is 17.9 Å². The van der Waals surface area contributed by atoms with E-state index in [9.17, 15) is 17.6 Å². The molecule has 0 unspecified atom stereocenters. The lowest BCUT2D eigenvalue weighted by Gasteiger charge is -2.06. The molecular formula is C13H12FN3O3S. The molecule has 0 atom stereocenters. The van der Waals surface area contributed by atoms with Crippen molar-refractivity contribution in [1.82, 2.24) is 14.7 Å². The first-order valence-corrected chi connectivity index (χ1v) is 7.52. The number of nitrogens with zero attached hydrogens (tertiary/aromatic N) is 2. The van der Waals surface area contributed by atoms with Gasteiger partial charge in [-0.15, -0.1) is 0 Å². The van der Waals surface area contributed by atoms with E-state index in [-0.39, 0.29) is 6.42 Å². The zero-order chi connectivity index (χ0) is 15.3. The van der Waals surface area contributed by atoms with Crippen LogP contribution in [0.25, 0.3) is 0 Å². The van der Waals surface area contributed by atoms with E-state index in [2.05, 4.69) is 9.97 Å². The monoisotopic (exact) mass is 309 g/mol. The normalized spacial score (nSPS) is 11.1. The van der Waals surface area contributed by atoms with Gasteiger partial charge in [-0.3, -0.25) is 9.78 Å². The van der Waals surface area contributed by atoms with Gasteiger partial charge in [-0.25, -0.2) is 14.1 Å². The van der Waals surface area contributed by atoms with Crippen molar-refractivity contribution < 1.29 is 17.6 Å². The molecule has 110 valence electrons. The Morgan fingerprint density at radius 1 is 1.19 bits per heavy atom. The molecule has 1 amide bonds. The first-order chi connectivity index (χ1) is 9.99. The second kappa shape index (κ2) is 6.40. The topological polar surface area (TPSA) is 89.0 Å². The first kappa shape index (κ1) is 15.0. The third-order valence-corrected chi connectivity index (χ3v) is 3.92. The number of carbonyl (C=O) groups excluding carboxylic acids is 1. The van der Waals surface area contributed by atoms with Crippen molar-refractivity contribution in [1.29, 1.82) is 0 Å². The molecular weight excluding hydrogens is 297 g/mol. The van der Waals surface area contributed by atoms with Crippen LogP contribution in [0, 0.1) is 5.82 Å². The molecule has 8 heteroatoms. The number of hydrogen-bond acceptors (Lipinski definition) is 5. The fourth-order valence-corrected chi connectivity index (χ4v) is 2.65. The summed E-state index contributed by atoms with van der Waals surface area (Å²) in [6, 6.07) is 5.67. The minimum absolute atomic E-state index is 0.0440. The predicted octanol–water partition coefficient (Wildman–Crippen LogP) is 1.05. The second-order valence-electron chi connectivity index (χ2n) is 4.17. The Bertz CT molecular complexity index is 735. The first-order valence-electron chi connectivity index (χ1n) is 6.04. The van der Waals surface area contributed by atoms with E-state index in [1.807, 2.05) is 0 Å². The summed E-state index contributed by atoms with van der Waals surface area (Å²) < 4.78 is 38.8. The van der Waals surface area contributed by atoms with E-state index in [1.54, 1.807) is 29.2 Å². The summed E-state index contributed by atoms with van der Waals surface area (Å²) in [5.74, 6) is -1.73. The number of hydrogen-bond donors (Lipinski definition) is 1. The number of aromatic nitrogens is 2. The molecule has 2 aromatic heterocycles. The smallest absolute Gasteiger partial charge is 0.274 e. The van der Waals surface area contributed by atoms with Gasteiger partial charge in [-0.1, -0.05) is 0 Å². The van der Waals surface area contributed by atoms with Crippen LogP contribution in [0.1, 0.15) is 12.0 Å². The predicted molar refractivity (Wildman–Crippen MR) is 72.1 cm³/mol. The molecule has 0 radical (unpaired) electrons. The number of nitrogens with one attached hydrogen (secondary N) is 1. The fourth-order valence-electron chi connectivity index (χ4n) is 1.63. The Morgan fingerprint density at radius 2 is 1.90 bits per heavy atom. The van der Waals surface area contributed by atoms with E-state index >= 15 is 0 Å². The summed E-state index contributed by atoms with van der Waals surface area (Å²) in [6.07, 6.45) is 4.60. The number of pyridine rings is 2. The van der Waals surface area contributed by atoms with Gasteiger partial charge in [0.05, 0.1) is 0 Å². The maximum absolute atomic E-state index is 13.4. The highest BCUT2D eigenvalue weighted by molar-refractivity contribution is 7.90. The number of carbonyl (C=O) groups is 1. The van der Waals surface area contributed by atoms with Gasteiger partial charge >= 0.3 is 0 Å². The maximum atomic E-state index is 13.4. The van der Waals surface area contributed by atoms with E-state index in [0.29, 0.717) is 6.42 Å². The van der Waals surface area contributed by atoms with Crippen molar-refractivity contribution in [3.63, 3.8) is 0 Å². The second-order valence-corrected chi connectivity index (χ2v) is 5.77. The average Bonchev–Trinajstić information content (AvgIpc) is 2.46. The van der Waals surface area contributed by atoms with Crippen molar-refractivity contribution in [3.05, 3.63) is 54.2 Å². The number of halogens is 1. The molecule has 0 saturated heterocycles. The fraction of sp³-hybridized carbons (Fsp3) is 0.154. The van der Waals surface area contributed by atoms with E-state index < -0.39 is 26.8 Å². The number of sulfonamides is 1. The van der Waals surface area contributed by atoms with Crippen molar-refractivity contribution in [2.24, 2.45) is 0 Å². The SMILES string of the molecule is O=C(CCc1ccncc1)NS(=O)(=O)c1ncccc1F. The van der Waals surface area contributed by atoms with Crippen LogP contribution in [-0.4, -0.2) is 24.3 Å². The van der Waals surface area contributed by atoms with Crippen LogP contribution in [0.3, 0.4) is 0 Å². The highest BCUT2D eigenvalue weighted by Gasteiger charge is 2.22. The summed E-state index contributed by atoms with van der Waals surface area (Å²) in [5, 5.41) is -0.790. The van der Waals surface area contributed by atoms with Crippen LogP contribution in [0.2, 0.25) is 0 Å². The van der Waals surface area contributed by atoms with Gasteiger partial charge in [0.1, 0.15) is 0 Å². The van der Waals surface area contributed by atoms with E-state index in [1.165, 1.54) is 6.07 Å². The molecule has 6 nitrogen and oxygen atoms in total. The molecule has 0 aliphatic heterocycles. The van der Waals surface area contributed by atoms with Gasteiger partial charge in [-0.2, -0.15) is 8.42 Å². The summed E-state index contributed by atoms with van der Waals surface area (Å²) in [7, 11) is -4.29. The molecule has 0 fully saturated rings. The quantitative estimate of drug-likeness (QED) is 0.892. The van der Waals surface area contributed by atoms with E-state index in [4.69, 9.17) is 0 Å². The average molecular weight is 309 g/mol. The molecule has 2 aromatic rings. The molecule has 1 N–H and O–H groups in total. The Morgan fingerprint density at radius 3 is 2.57 bits per heavy atom. The third kappa shape index (κ3) is 4.06. The molecule has 21 heavy (non-hydrogen) atoms. The Balaban J connectivity index is 2.01. The Hall–Kier alpha value is -2.35. The minimum atomic E-state index is -4.29. The van der Waals surface area contributed by atoms with Crippen molar-refractivity contribution in [2.75, 3.05) is 0 Å². The summed E-state index contributed by atoms with van der Waals surface area (Å²) in [4.78, 5) is 18.9. The summed E-state index contributed by atoms with van der Waals surface area (Å²) >= 11 is 0. The lowest BCUT2D eigenvalue weighted by atomic mass is 10.1. The Labute approximate surface area is 121 Å². The number of aryl methyl sites for hydroxylation is 1. The lowest BCUT2D eigenvalue weighted by molar-refractivity contribution is -0.119. The Kier molecular flexibility index (Phi) is 4.59. The molecule has 0 spiro atoms. The standard InChI is InChI=1S/C13H12FN3O3S/c14-11-2-1-7-16-13(11)21(19,20)17-12(18)4-3-10-5-8-15-9-6-10/h1-2,5-9H,3-4H2,(H,17,18). The molecule has 0 aliphatic carbocycles. The zero-order valence-electron chi connectivity index (χ0n) is 10.9. The van der Waals surface area contributed by atoms with Gasteiger partial charge < -0.3 is 0 Å². The van der Waals surface area contributed by atoms with E-state index in [0.717, 1.165) is 17.8 Å². The highest BCUT2D eigenvalue weighted by Crippen LogP contribution is 2.10. The summed E-state index contributed by atoms with van der Waals surface area (Å²) in [6.45, 7) is 0. The van der Waals surface area contributed by atoms with Crippen LogP contribution in [0.5, 0.6) is 0 Å². The third-order valence-electron chi connectivity index (χ3n) is 2.62. The number of amides is 1. The van der Waals surface area contributed by atoms with Crippen molar-refractivity contribution >= 4 is 15.9 Å². The van der Waals surface area contributed by atoms with Crippen LogP contribution in [-0.2, 0) is 21.2 Å². The van der Waals surface area contributed by atoms with Gasteiger partial charge in [0.25, 0.3) is 10.0 Å². The van der Waals surface area contributed by atoms with Gasteiger partial charge in [0.15, 0.2) is 5.82 Å². The van der Waals surface area contributed by atoms with Crippen molar-refractivity contribution in [3.8, 4) is 0 Å². The minimum Gasteiger partial charge on any atom is -0.274 e. The van der Waals surface area contributed by atoms with Gasteiger partial charge in [-0.05, 0) is 36.2 Å². The van der Waals surface area contributed by atoms with Gasteiger partial charge in [0.2, 0.25) is 10.9 Å². The molecule has 2 rings (SSSR count). The molecule has 2 heterocycles. The highest BCUT2D eigenvalue weighted by atomic mass is 32.2. The van der Waals surface area contributed by atoms with Crippen LogP contribution >= 0.6 is 0 Å². The molecule has 0 saturated carbocycles. The summed E-state index contributed by atoms with van der Waals surface area (Å²) in [5.41, 5.74) is 0.849. The molecule has 0 aromatic carbocycles. The van der Waals surface area contributed by atoms with Crippen LogP contribution in [0.4, 0.5) is 4.39 Å². The lowest BCUT2D eigenvalue weighted by Crippen LogP contribution is -2.32.